The van der Waals surface area contributed by atoms with Gasteiger partial charge in [0.25, 0.3) is 0 Å². The molecule has 0 saturated carbocycles. The van der Waals surface area contributed by atoms with Crippen molar-refractivity contribution in [3.63, 3.8) is 0 Å². The molecule has 0 atom stereocenters. The SMILES string of the molecule is CC(C)N(Cc1ccccc1)C(=O)CCNc1ccc(N(C)C)cc1. The Labute approximate surface area is 151 Å². The summed E-state index contributed by atoms with van der Waals surface area (Å²) in [7, 11) is 4.04. The summed E-state index contributed by atoms with van der Waals surface area (Å²) in [6.07, 6.45) is 0.487. The fourth-order valence-corrected chi connectivity index (χ4v) is 2.67. The molecule has 0 radical (unpaired) electrons. The Bertz CT molecular complexity index is 651. The lowest BCUT2D eigenvalue weighted by molar-refractivity contribution is -0.133. The van der Waals surface area contributed by atoms with E-state index in [4.69, 9.17) is 0 Å². The molecule has 0 unspecified atom stereocenters. The fourth-order valence-electron chi connectivity index (χ4n) is 2.67. The lowest BCUT2D eigenvalue weighted by Gasteiger charge is -2.27. The third kappa shape index (κ3) is 5.82. The van der Waals surface area contributed by atoms with E-state index in [9.17, 15) is 4.79 Å². The Morgan fingerprint density at radius 3 is 2.20 bits per heavy atom. The highest BCUT2D eigenvalue weighted by Crippen LogP contribution is 2.16. The van der Waals surface area contributed by atoms with Gasteiger partial charge in [-0.05, 0) is 43.7 Å². The molecule has 0 spiro atoms. The molecular formula is C21H29N3O. The summed E-state index contributed by atoms with van der Waals surface area (Å²) in [6, 6.07) is 18.6. The molecule has 0 aliphatic rings. The van der Waals surface area contributed by atoms with Crippen molar-refractivity contribution in [2.45, 2.75) is 32.9 Å². The minimum atomic E-state index is 0.177. The molecule has 2 rings (SSSR count). The number of anilines is 2. The maximum absolute atomic E-state index is 12.6. The van der Waals surface area contributed by atoms with Crippen LogP contribution in [-0.4, -0.2) is 37.5 Å². The average molecular weight is 339 g/mol. The molecule has 0 fully saturated rings. The van der Waals surface area contributed by atoms with Gasteiger partial charge in [0.2, 0.25) is 5.91 Å². The standard InChI is InChI=1S/C21H29N3O/c1-17(2)24(16-18-8-6-5-7-9-18)21(25)14-15-22-19-10-12-20(13-11-19)23(3)4/h5-13,17,22H,14-16H2,1-4H3. The van der Waals surface area contributed by atoms with Crippen molar-refractivity contribution in [3.05, 3.63) is 60.2 Å². The van der Waals surface area contributed by atoms with Crippen molar-refractivity contribution in [1.82, 2.24) is 4.90 Å². The molecule has 0 aliphatic heterocycles. The first kappa shape index (κ1) is 18.8. The van der Waals surface area contributed by atoms with Gasteiger partial charge in [-0.2, -0.15) is 0 Å². The van der Waals surface area contributed by atoms with Crippen LogP contribution in [0.5, 0.6) is 0 Å². The molecule has 25 heavy (non-hydrogen) atoms. The molecule has 0 bridgehead atoms. The molecule has 4 nitrogen and oxygen atoms in total. The highest BCUT2D eigenvalue weighted by atomic mass is 16.2. The first-order chi connectivity index (χ1) is 12.0. The zero-order valence-corrected chi connectivity index (χ0v) is 15.7. The van der Waals surface area contributed by atoms with Gasteiger partial charge in [0.1, 0.15) is 0 Å². The van der Waals surface area contributed by atoms with E-state index in [2.05, 4.69) is 48.3 Å². The van der Waals surface area contributed by atoms with E-state index in [1.807, 2.05) is 49.3 Å². The van der Waals surface area contributed by atoms with E-state index in [1.165, 1.54) is 0 Å². The Kier molecular flexibility index (Phi) is 6.87. The monoisotopic (exact) mass is 339 g/mol. The first-order valence-corrected chi connectivity index (χ1v) is 8.82. The van der Waals surface area contributed by atoms with Gasteiger partial charge in [0.05, 0.1) is 0 Å². The van der Waals surface area contributed by atoms with Crippen LogP contribution >= 0.6 is 0 Å². The summed E-state index contributed by atoms with van der Waals surface area (Å²) < 4.78 is 0. The van der Waals surface area contributed by atoms with Crippen molar-refractivity contribution in [2.24, 2.45) is 0 Å². The van der Waals surface area contributed by atoms with Crippen LogP contribution in [0, 0.1) is 0 Å². The van der Waals surface area contributed by atoms with Crippen molar-refractivity contribution >= 4 is 17.3 Å². The van der Waals surface area contributed by atoms with E-state index in [0.29, 0.717) is 19.5 Å². The second kappa shape index (κ2) is 9.11. The van der Waals surface area contributed by atoms with Crippen molar-refractivity contribution < 1.29 is 4.79 Å². The quantitative estimate of drug-likeness (QED) is 0.790. The van der Waals surface area contributed by atoms with Crippen LogP contribution in [0.2, 0.25) is 0 Å². The number of carbonyl (C=O) groups excluding carboxylic acids is 1. The number of nitrogens with one attached hydrogen (secondary N) is 1. The lowest BCUT2D eigenvalue weighted by Crippen LogP contribution is -2.37. The Balaban J connectivity index is 1.86. The maximum atomic E-state index is 12.6. The Morgan fingerprint density at radius 1 is 1.00 bits per heavy atom. The predicted molar refractivity (Wildman–Crippen MR) is 106 cm³/mol. The summed E-state index contributed by atoms with van der Waals surface area (Å²) in [5.74, 6) is 0.177. The van der Waals surface area contributed by atoms with Crippen LogP contribution in [-0.2, 0) is 11.3 Å². The fraction of sp³-hybridized carbons (Fsp3) is 0.381. The van der Waals surface area contributed by atoms with Gasteiger partial charge >= 0.3 is 0 Å². The minimum Gasteiger partial charge on any atom is -0.385 e. The molecule has 2 aromatic carbocycles. The van der Waals surface area contributed by atoms with Gasteiger partial charge in [-0.15, -0.1) is 0 Å². The molecule has 4 heteroatoms. The van der Waals surface area contributed by atoms with Crippen LogP contribution in [0.4, 0.5) is 11.4 Å². The van der Waals surface area contributed by atoms with Crippen LogP contribution in [0.1, 0.15) is 25.8 Å². The summed E-state index contributed by atoms with van der Waals surface area (Å²) >= 11 is 0. The predicted octanol–water partition coefficient (Wildman–Crippen LogP) is 3.99. The van der Waals surface area contributed by atoms with E-state index in [1.54, 1.807) is 0 Å². The van der Waals surface area contributed by atoms with Gasteiger partial charge in [-0.25, -0.2) is 0 Å². The van der Waals surface area contributed by atoms with Crippen molar-refractivity contribution in [2.75, 3.05) is 30.9 Å². The molecule has 134 valence electrons. The van der Waals surface area contributed by atoms with Gasteiger partial charge in [0.15, 0.2) is 0 Å². The summed E-state index contributed by atoms with van der Waals surface area (Å²) in [4.78, 5) is 16.6. The van der Waals surface area contributed by atoms with E-state index in [0.717, 1.165) is 16.9 Å². The zero-order valence-electron chi connectivity index (χ0n) is 15.7. The molecule has 1 amide bonds. The number of nitrogens with zero attached hydrogens (tertiary/aromatic N) is 2. The van der Waals surface area contributed by atoms with Crippen LogP contribution in [0.3, 0.4) is 0 Å². The second-order valence-corrected chi connectivity index (χ2v) is 6.72. The third-order valence-electron chi connectivity index (χ3n) is 4.19. The molecule has 0 aromatic heterocycles. The Hall–Kier alpha value is -2.49. The van der Waals surface area contributed by atoms with Crippen LogP contribution in [0.25, 0.3) is 0 Å². The molecular weight excluding hydrogens is 310 g/mol. The van der Waals surface area contributed by atoms with Crippen LogP contribution < -0.4 is 10.2 Å². The number of hydrogen-bond donors (Lipinski definition) is 1. The average Bonchev–Trinajstić information content (AvgIpc) is 2.60. The normalized spacial score (nSPS) is 10.6. The molecule has 1 N–H and O–H groups in total. The second-order valence-electron chi connectivity index (χ2n) is 6.72. The topological polar surface area (TPSA) is 35.6 Å². The van der Waals surface area contributed by atoms with E-state index in [-0.39, 0.29) is 11.9 Å². The van der Waals surface area contributed by atoms with E-state index < -0.39 is 0 Å². The van der Waals surface area contributed by atoms with Crippen molar-refractivity contribution in [3.8, 4) is 0 Å². The van der Waals surface area contributed by atoms with E-state index >= 15 is 0 Å². The molecule has 0 aliphatic carbocycles. The number of benzene rings is 2. The lowest BCUT2D eigenvalue weighted by atomic mass is 10.1. The van der Waals surface area contributed by atoms with Gasteiger partial charge in [0, 0.05) is 51.0 Å². The summed E-state index contributed by atoms with van der Waals surface area (Å²) in [5, 5.41) is 3.33. The third-order valence-corrected chi connectivity index (χ3v) is 4.19. The highest BCUT2D eigenvalue weighted by Gasteiger charge is 2.16. The molecule has 2 aromatic rings. The summed E-state index contributed by atoms with van der Waals surface area (Å²) in [6.45, 7) is 5.43. The number of hydrogen-bond acceptors (Lipinski definition) is 3. The molecule has 0 heterocycles. The number of amides is 1. The first-order valence-electron chi connectivity index (χ1n) is 8.82. The largest absolute Gasteiger partial charge is 0.385 e. The summed E-state index contributed by atoms with van der Waals surface area (Å²) in [5.41, 5.74) is 3.37. The number of carbonyl (C=O) groups is 1. The minimum absolute atomic E-state index is 0.177. The van der Waals surface area contributed by atoms with Gasteiger partial charge in [-0.3, -0.25) is 4.79 Å². The zero-order chi connectivity index (χ0) is 18.2. The smallest absolute Gasteiger partial charge is 0.224 e. The van der Waals surface area contributed by atoms with Crippen LogP contribution in [0.15, 0.2) is 54.6 Å². The van der Waals surface area contributed by atoms with Crippen molar-refractivity contribution in [1.29, 1.82) is 0 Å². The number of rotatable bonds is 8. The highest BCUT2D eigenvalue weighted by molar-refractivity contribution is 5.77. The van der Waals surface area contributed by atoms with Gasteiger partial charge in [-0.1, -0.05) is 30.3 Å². The van der Waals surface area contributed by atoms with Gasteiger partial charge < -0.3 is 15.1 Å². The molecule has 0 saturated heterocycles. The maximum Gasteiger partial charge on any atom is 0.224 e. The Morgan fingerprint density at radius 2 is 1.64 bits per heavy atom.